The minimum Gasteiger partial charge on any atom is -0.329 e. The molecule has 1 amide bonds. The molecule has 6 nitrogen and oxygen atoms in total. The summed E-state index contributed by atoms with van der Waals surface area (Å²) in [7, 11) is 0. The third-order valence-corrected chi connectivity index (χ3v) is 4.05. The molecular formula is C15H21N5O. The van der Waals surface area contributed by atoms with Gasteiger partial charge in [0.15, 0.2) is 0 Å². The number of nitrogens with one attached hydrogen (secondary N) is 1. The van der Waals surface area contributed by atoms with Crippen LogP contribution >= 0.6 is 0 Å². The number of hydrogen-bond acceptors (Lipinski definition) is 4. The number of carbonyl (C=O) groups is 1. The van der Waals surface area contributed by atoms with E-state index in [0.717, 1.165) is 24.2 Å². The Kier molecular flexibility index (Phi) is 4.70. The minimum absolute atomic E-state index is 0.0316. The molecule has 2 rings (SSSR count). The first-order valence-electron chi connectivity index (χ1n) is 7.12. The molecule has 6 heteroatoms. The molecule has 0 bridgehead atoms. The van der Waals surface area contributed by atoms with Crippen molar-refractivity contribution in [2.24, 2.45) is 11.1 Å². The van der Waals surface area contributed by atoms with Gasteiger partial charge in [-0.15, -0.1) is 10.2 Å². The molecule has 0 aliphatic rings. The zero-order valence-corrected chi connectivity index (χ0v) is 12.4. The van der Waals surface area contributed by atoms with Gasteiger partial charge in [0.25, 0.3) is 0 Å². The molecule has 1 heterocycles. The summed E-state index contributed by atoms with van der Waals surface area (Å²) in [6, 6.07) is 7.55. The highest BCUT2D eigenvalue weighted by molar-refractivity contribution is 5.95. The van der Waals surface area contributed by atoms with E-state index in [1.165, 1.54) is 0 Å². The SMILES string of the molecule is CCC(CC)(CN)C(=O)Nc1cccc(-n2cnnc2)c1. The van der Waals surface area contributed by atoms with Crippen molar-refractivity contribution in [2.45, 2.75) is 26.7 Å². The van der Waals surface area contributed by atoms with Gasteiger partial charge in [-0.25, -0.2) is 0 Å². The Bertz CT molecular complexity index is 582. The summed E-state index contributed by atoms with van der Waals surface area (Å²) in [5.41, 5.74) is 6.94. The average Bonchev–Trinajstić information content (AvgIpc) is 3.04. The van der Waals surface area contributed by atoms with Gasteiger partial charge in [-0.2, -0.15) is 0 Å². The third-order valence-electron chi connectivity index (χ3n) is 4.05. The number of nitrogens with zero attached hydrogens (tertiary/aromatic N) is 3. The van der Waals surface area contributed by atoms with Crippen molar-refractivity contribution in [2.75, 3.05) is 11.9 Å². The Labute approximate surface area is 124 Å². The highest BCUT2D eigenvalue weighted by atomic mass is 16.2. The first-order valence-corrected chi connectivity index (χ1v) is 7.12. The van der Waals surface area contributed by atoms with E-state index >= 15 is 0 Å². The fourth-order valence-electron chi connectivity index (χ4n) is 2.29. The zero-order valence-electron chi connectivity index (χ0n) is 12.4. The summed E-state index contributed by atoms with van der Waals surface area (Å²) in [5.74, 6) is -0.0316. The second-order valence-corrected chi connectivity index (χ2v) is 5.07. The van der Waals surface area contributed by atoms with E-state index in [1.807, 2.05) is 38.1 Å². The number of rotatable bonds is 6. The van der Waals surface area contributed by atoms with Gasteiger partial charge in [0.1, 0.15) is 12.7 Å². The predicted octanol–water partition coefficient (Wildman–Crippen LogP) is 1.97. The van der Waals surface area contributed by atoms with Gasteiger partial charge in [0.2, 0.25) is 5.91 Å². The van der Waals surface area contributed by atoms with Crippen LogP contribution in [0.5, 0.6) is 0 Å². The van der Waals surface area contributed by atoms with Crippen molar-refractivity contribution in [3.05, 3.63) is 36.9 Å². The molecule has 21 heavy (non-hydrogen) atoms. The van der Waals surface area contributed by atoms with E-state index in [4.69, 9.17) is 5.73 Å². The van der Waals surface area contributed by atoms with Gasteiger partial charge in [-0.3, -0.25) is 9.36 Å². The molecule has 0 atom stereocenters. The van der Waals surface area contributed by atoms with Crippen LogP contribution in [-0.4, -0.2) is 27.2 Å². The van der Waals surface area contributed by atoms with Gasteiger partial charge < -0.3 is 11.1 Å². The van der Waals surface area contributed by atoms with E-state index in [1.54, 1.807) is 17.2 Å². The molecule has 0 aliphatic carbocycles. The molecule has 3 N–H and O–H groups in total. The van der Waals surface area contributed by atoms with E-state index in [0.29, 0.717) is 6.54 Å². The van der Waals surface area contributed by atoms with Crippen LogP contribution in [0.3, 0.4) is 0 Å². The maximum atomic E-state index is 12.5. The molecule has 0 aliphatic heterocycles. The van der Waals surface area contributed by atoms with E-state index < -0.39 is 5.41 Å². The molecule has 112 valence electrons. The Morgan fingerprint density at radius 1 is 1.29 bits per heavy atom. The fourth-order valence-corrected chi connectivity index (χ4v) is 2.29. The second-order valence-electron chi connectivity index (χ2n) is 5.07. The Hall–Kier alpha value is -2.21. The van der Waals surface area contributed by atoms with Crippen molar-refractivity contribution in [3.63, 3.8) is 0 Å². The molecule has 0 radical (unpaired) electrons. The van der Waals surface area contributed by atoms with Crippen LogP contribution in [0.4, 0.5) is 5.69 Å². The smallest absolute Gasteiger partial charge is 0.231 e. The molecule has 0 saturated carbocycles. The third kappa shape index (κ3) is 3.11. The van der Waals surface area contributed by atoms with Crippen molar-refractivity contribution < 1.29 is 4.79 Å². The molecule has 0 unspecified atom stereocenters. The Balaban J connectivity index is 2.20. The Morgan fingerprint density at radius 2 is 1.95 bits per heavy atom. The minimum atomic E-state index is -0.507. The lowest BCUT2D eigenvalue weighted by molar-refractivity contribution is -0.125. The summed E-state index contributed by atoms with van der Waals surface area (Å²) < 4.78 is 1.78. The van der Waals surface area contributed by atoms with E-state index in [2.05, 4.69) is 15.5 Å². The first kappa shape index (κ1) is 15.2. The van der Waals surface area contributed by atoms with Gasteiger partial charge >= 0.3 is 0 Å². The first-order chi connectivity index (χ1) is 10.1. The maximum absolute atomic E-state index is 12.5. The summed E-state index contributed by atoms with van der Waals surface area (Å²) in [5, 5.41) is 10.5. The lowest BCUT2D eigenvalue weighted by Crippen LogP contribution is -2.41. The summed E-state index contributed by atoms with van der Waals surface area (Å²) in [6.45, 7) is 4.32. The van der Waals surface area contributed by atoms with Gasteiger partial charge in [-0.1, -0.05) is 19.9 Å². The van der Waals surface area contributed by atoms with Crippen molar-refractivity contribution in [1.82, 2.24) is 14.8 Å². The summed E-state index contributed by atoms with van der Waals surface area (Å²) >= 11 is 0. The largest absolute Gasteiger partial charge is 0.329 e. The van der Waals surface area contributed by atoms with Crippen LogP contribution in [0, 0.1) is 5.41 Å². The van der Waals surface area contributed by atoms with E-state index in [-0.39, 0.29) is 5.91 Å². The molecule has 0 saturated heterocycles. The second kappa shape index (κ2) is 6.49. The number of benzene rings is 1. The zero-order chi connectivity index (χ0) is 15.3. The normalized spacial score (nSPS) is 11.4. The quantitative estimate of drug-likeness (QED) is 0.850. The summed E-state index contributed by atoms with van der Waals surface area (Å²) in [6.07, 6.45) is 4.67. The molecule has 2 aromatic rings. The number of hydrogen-bond donors (Lipinski definition) is 2. The highest BCUT2D eigenvalue weighted by Crippen LogP contribution is 2.27. The average molecular weight is 287 g/mol. The number of anilines is 1. The number of amides is 1. The standard InChI is InChI=1S/C15H21N5O/c1-3-15(4-2,9-16)14(21)19-12-6-5-7-13(8-12)20-10-17-18-11-20/h5-8,10-11H,3-4,9,16H2,1-2H3,(H,19,21). The van der Waals surface area contributed by atoms with Crippen LogP contribution in [0.1, 0.15) is 26.7 Å². The van der Waals surface area contributed by atoms with Crippen LogP contribution in [0.2, 0.25) is 0 Å². The Morgan fingerprint density at radius 3 is 2.52 bits per heavy atom. The summed E-state index contributed by atoms with van der Waals surface area (Å²) in [4.78, 5) is 12.5. The van der Waals surface area contributed by atoms with Crippen LogP contribution in [0.25, 0.3) is 5.69 Å². The van der Waals surface area contributed by atoms with Crippen LogP contribution < -0.4 is 11.1 Å². The molecule has 1 aromatic heterocycles. The number of carbonyl (C=O) groups excluding carboxylic acids is 1. The van der Waals surface area contributed by atoms with Gasteiger partial charge in [-0.05, 0) is 31.0 Å². The van der Waals surface area contributed by atoms with Gasteiger partial charge in [0, 0.05) is 12.2 Å². The number of nitrogens with two attached hydrogens (primary N) is 1. The topological polar surface area (TPSA) is 85.8 Å². The monoisotopic (exact) mass is 287 g/mol. The lowest BCUT2D eigenvalue weighted by atomic mass is 9.81. The van der Waals surface area contributed by atoms with Crippen LogP contribution in [0.15, 0.2) is 36.9 Å². The predicted molar refractivity (Wildman–Crippen MR) is 82.1 cm³/mol. The van der Waals surface area contributed by atoms with Gasteiger partial charge in [0.05, 0.1) is 11.1 Å². The van der Waals surface area contributed by atoms with E-state index in [9.17, 15) is 4.79 Å². The molecular weight excluding hydrogens is 266 g/mol. The molecule has 0 fully saturated rings. The van der Waals surface area contributed by atoms with Crippen LogP contribution in [-0.2, 0) is 4.79 Å². The molecule has 0 spiro atoms. The maximum Gasteiger partial charge on any atom is 0.231 e. The van der Waals surface area contributed by atoms with Crippen molar-refractivity contribution >= 4 is 11.6 Å². The fraction of sp³-hybridized carbons (Fsp3) is 0.400. The lowest BCUT2D eigenvalue weighted by Gasteiger charge is -2.28. The van der Waals surface area contributed by atoms with Crippen molar-refractivity contribution in [3.8, 4) is 5.69 Å². The highest BCUT2D eigenvalue weighted by Gasteiger charge is 2.33. The molecule has 1 aromatic carbocycles. The van der Waals surface area contributed by atoms with Crippen molar-refractivity contribution in [1.29, 1.82) is 0 Å². The number of aromatic nitrogens is 3.